The molecule has 4 aromatic carbocycles. The fraction of sp³-hybridized carbons (Fsp3) is 0.0968. The van der Waals surface area contributed by atoms with Crippen LogP contribution in [0.15, 0.2) is 82.6 Å². The molecule has 10 nitrogen and oxygen atoms in total. The number of carbonyl (C=O) groups excluding carboxylic acids is 4. The summed E-state index contributed by atoms with van der Waals surface area (Å²) in [5.41, 5.74) is 1.18. The zero-order valence-electron chi connectivity index (χ0n) is 22.1. The Hall–Kier alpha value is -4.94. The zero-order valence-corrected chi connectivity index (χ0v) is 23.7. The van der Waals surface area contributed by atoms with Crippen LogP contribution in [0.1, 0.15) is 47.9 Å². The van der Waals surface area contributed by atoms with Crippen LogP contribution in [-0.4, -0.2) is 55.7 Å². The first-order valence-electron chi connectivity index (χ1n) is 13.1. The Bertz CT molecular complexity index is 1690. The molecule has 0 spiro atoms. The number of hydrogen-bond donors (Lipinski definition) is 2. The van der Waals surface area contributed by atoms with Gasteiger partial charge in [-0.1, -0.05) is 24.3 Å². The summed E-state index contributed by atoms with van der Waals surface area (Å²) in [5.74, 6) is -2.32. The van der Waals surface area contributed by atoms with Gasteiger partial charge in [-0.15, -0.1) is 0 Å². The average molecular weight is 613 g/mol. The highest BCUT2D eigenvalue weighted by molar-refractivity contribution is 7.98. The lowest BCUT2D eigenvalue weighted by molar-refractivity contribution is 0.0760. The molecule has 0 saturated carbocycles. The molecule has 3 aliphatic heterocycles. The maximum absolute atomic E-state index is 13.0. The second-order valence-electron chi connectivity index (χ2n) is 9.70. The molecule has 43 heavy (non-hydrogen) atoms. The maximum atomic E-state index is 13.0. The van der Waals surface area contributed by atoms with E-state index in [1.54, 1.807) is 60.7 Å². The minimum absolute atomic E-state index is 0.0702. The van der Waals surface area contributed by atoms with E-state index in [1.165, 1.54) is 12.1 Å². The summed E-state index contributed by atoms with van der Waals surface area (Å²) >= 11 is 1.50. The first-order valence-corrected chi connectivity index (χ1v) is 14.7. The third-order valence-electron chi connectivity index (χ3n) is 7.15. The SMILES string of the molecule is O=C1c2ccccc2C(=O)N1Sc1ccc2c(c1O)-c1c(ccc(SN3C(=O)c4ccccc4C3=O)c1O)OCCCO2. The molecule has 0 bridgehead atoms. The van der Waals surface area contributed by atoms with Gasteiger partial charge in [0, 0.05) is 30.3 Å². The number of nitrogens with zero attached hydrogens (tertiary/aromatic N) is 2. The van der Waals surface area contributed by atoms with Crippen LogP contribution in [0.25, 0.3) is 11.1 Å². The zero-order chi connectivity index (χ0) is 29.8. The van der Waals surface area contributed by atoms with Crippen molar-refractivity contribution >= 4 is 47.5 Å². The first kappa shape index (κ1) is 26.9. The van der Waals surface area contributed by atoms with Crippen molar-refractivity contribution in [2.45, 2.75) is 16.2 Å². The van der Waals surface area contributed by atoms with E-state index in [9.17, 15) is 29.4 Å². The van der Waals surface area contributed by atoms with Crippen molar-refractivity contribution in [3.8, 4) is 34.1 Å². The Labute approximate surface area is 253 Å². The number of hydrogen-bond acceptors (Lipinski definition) is 10. The summed E-state index contributed by atoms with van der Waals surface area (Å²) in [5, 5.41) is 23.2. The first-order chi connectivity index (χ1) is 20.8. The van der Waals surface area contributed by atoms with Gasteiger partial charge in [0.15, 0.2) is 0 Å². The van der Waals surface area contributed by atoms with E-state index in [2.05, 4.69) is 0 Å². The van der Waals surface area contributed by atoms with E-state index >= 15 is 0 Å². The molecule has 0 atom stereocenters. The van der Waals surface area contributed by atoms with Gasteiger partial charge in [0.2, 0.25) is 0 Å². The van der Waals surface area contributed by atoms with Crippen molar-refractivity contribution in [1.82, 2.24) is 8.61 Å². The van der Waals surface area contributed by atoms with Gasteiger partial charge in [-0.3, -0.25) is 19.2 Å². The van der Waals surface area contributed by atoms with Crippen LogP contribution >= 0.6 is 23.9 Å². The number of rotatable bonds is 4. The normalized spacial score (nSPS) is 15.5. The molecule has 3 heterocycles. The van der Waals surface area contributed by atoms with E-state index in [4.69, 9.17) is 9.47 Å². The predicted octanol–water partition coefficient (Wildman–Crippen LogP) is 5.53. The number of phenolic OH excluding ortho intramolecular Hbond substituents is 2. The van der Waals surface area contributed by atoms with Gasteiger partial charge < -0.3 is 19.7 Å². The van der Waals surface area contributed by atoms with Gasteiger partial charge >= 0.3 is 0 Å². The summed E-state index contributed by atoms with van der Waals surface area (Å²) in [7, 11) is 0. The third-order valence-corrected chi connectivity index (χ3v) is 9.23. The molecule has 4 aromatic rings. The molecule has 0 aromatic heterocycles. The summed E-state index contributed by atoms with van der Waals surface area (Å²) in [6.07, 6.45) is 0.511. The Kier molecular flexibility index (Phi) is 6.51. The van der Waals surface area contributed by atoms with Gasteiger partial charge in [-0.2, -0.15) is 0 Å². The van der Waals surface area contributed by atoms with Crippen molar-refractivity contribution < 1.29 is 38.9 Å². The molecule has 0 aliphatic carbocycles. The van der Waals surface area contributed by atoms with E-state index in [1.807, 2.05) is 0 Å². The average Bonchev–Trinajstić information content (AvgIpc) is 3.44. The number of phenols is 2. The van der Waals surface area contributed by atoms with Crippen molar-refractivity contribution in [3.63, 3.8) is 0 Å². The number of fused-ring (bicyclic) bond motifs is 5. The summed E-state index contributed by atoms with van der Waals surface area (Å²) in [6, 6.07) is 19.1. The molecular weight excluding hydrogens is 592 g/mol. The van der Waals surface area contributed by atoms with E-state index in [-0.39, 0.29) is 79.4 Å². The third kappa shape index (κ3) is 4.29. The maximum Gasteiger partial charge on any atom is 0.272 e. The van der Waals surface area contributed by atoms with Crippen LogP contribution in [0.3, 0.4) is 0 Å². The summed E-state index contributed by atoms with van der Waals surface area (Å²) in [4.78, 5) is 52.3. The standard InChI is InChI=1S/C31H20N2O8S2/c34-26-22(42-32-28(36)16-6-1-2-7-17(16)29(32)37)12-10-20-24(26)25-21(41-15-5-14-40-20)11-13-23(27(25)35)43-33-30(38)18-8-3-4-9-19(18)31(33)39/h1-4,6-13,34-35H,5,14-15H2. The molecule has 3 aliphatic rings. The number of imide groups is 2. The van der Waals surface area contributed by atoms with Crippen LogP contribution in [0.5, 0.6) is 23.0 Å². The fourth-order valence-corrected chi connectivity index (χ4v) is 6.85. The Morgan fingerprint density at radius 3 is 1.23 bits per heavy atom. The molecule has 0 fully saturated rings. The minimum Gasteiger partial charge on any atom is -0.506 e. The molecule has 7 rings (SSSR count). The van der Waals surface area contributed by atoms with Crippen LogP contribution in [0, 0.1) is 0 Å². The molecule has 4 amide bonds. The lowest BCUT2D eigenvalue weighted by Gasteiger charge is -2.21. The number of ether oxygens (including phenoxy) is 2. The summed E-state index contributed by atoms with van der Waals surface area (Å²) < 4.78 is 13.8. The molecular formula is C31H20N2O8S2. The Morgan fingerprint density at radius 1 is 0.535 bits per heavy atom. The predicted molar refractivity (Wildman–Crippen MR) is 156 cm³/mol. The van der Waals surface area contributed by atoms with Gasteiger partial charge in [0.25, 0.3) is 23.6 Å². The van der Waals surface area contributed by atoms with Crippen molar-refractivity contribution in [1.29, 1.82) is 0 Å². The largest absolute Gasteiger partial charge is 0.506 e. The lowest BCUT2D eigenvalue weighted by atomic mass is 10.0. The van der Waals surface area contributed by atoms with Crippen LogP contribution in [0.4, 0.5) is 0 Å². The highest BCUT2D eigenvalue weighted by Gasteiger charge is 2.39. The monoisotopic (exact) mass is 612 g/mol. The second-order valence-corrected chi connectivity index (χ2v) is 11.7. The number of aromatic hydroxyl groups is 2. The summed E-state index contributed by atoms with van der Waals surface area (Å²) in [6.45, 7) is 0.505. The number of amides is 4. The highest BCUT2D eigenvalue weighted by atomic mass is 32.2. The Balaban J connectivity index is 1.30. The number of benzene rings is 4. The quantitative estimate of drug-likeness (QED) is 0.224. The Morgan fingerprint density at radius 2 is 0.884 bits per heavy atom. The minimum atomic E-state index is -0.518. The van der Waals surface area contributed by atoms with E-state index in [0.29, 0.717) is 6.42 Å². The number of carbonyl (C=O) groups is 4. The van der Waals surface area contributed by atoms with Gasteiger partial charge in [0.05, 0.1) is 56.4 Å². The molecule has 0 radical (unpaired) electrons. The molecule has 12 heteroatoms. The van der Waals surface area contributed by atoms with Crippen molar-refractivity contribution in [2.75, 3.05) is 13.2 Å². The topological polar surface area (TPSA) is 134 Å². The molecule has 2 N–H and O–H groups in total. The van der Waals surface area contributed by atoms with Gasteiger partial charge in [-0.05, 0) is 48.5 Å². The van der Waals surface area contributed by atoms with E-state index in [0.717, 1.165) is 32.5 Å². The van der Waals surface area contributed by atoms with Crippen molar-refractivity contribution in [3.05, 3.63) is 95.1 Å². The van der Waals surface area contributed by atoms with E-state index < -0.39 is 23.6 Å². The van der Waals surface area contributed by atoms with Crippen LogP contribution in [-0.2, 0) is 0 Å². The van der Waals surface area contributed by atoms with Crippen LogP contribution in [0.2, 0.25) is 0 Å². The molecule has 0 saturated heterocycles. The highest BCUT2D eigenvalue weighted by Crippen LogP contribution is 2.54. The molecule has 0 unspecified atom stereocenters. The van der Waals surface area contributed by atoms with Gasteiger partial charge in [0.1, 0.15) is 23.0 Å². The fourth-order valence-electron chi connectivity index (χ4n) is 5.10. The second kappa shape index (κ2) is 10.4. The van der Waals surface area contributed by atoms with Gasteiger partial charge in [-0.25, -0.2) is 8.61 Å². The van der Waals surface area contributed by atoms with Crippen LogP contribution < -0.4 is 9.47 Å². The molecule has 214 valence electrons. The smallest absolute Gasteiger partial charge is 0.272 e. The van der Waals surface area contributed by atoms with Crippen molar-refractivity contribution in [2.24, 2.45) is 0 Å². The lowest BCUT2D eigenvalue weighted by Crippen LogP contribution is -2.22.